The molecule has 0 rings (SSSR count). The monoisotopic (exact) mass is 204 g/mol. The molecular weight excluding hydrogens is 199 g/mol. The number of esters is 1. The Kier molecular flexibility index (Phi) is 3.74. The van der Waals surface area contributed by atoms with Crippen molar-refractivity contribution in [2.75, 3.05) is 6.61 Å². The first-order chi connectivity index (χ1) is 4.89. The summed E-state index contributed by atoms with van der Waals surface area (Å²) >= 11 is 0. The molecule has 1 atom stereocenters. The molecule has 0 saturated carbocycles. The van der Waals surface area contributed by atoms with E-state index in [9.17, 15) is 17.6 Å². The zero-order valence-electron chi connectivity index (χ0n) is 5.58. The van der Waals surface area contributed by atoms with E-state index in [2.05, 4.69) is 15.4 Å². The van der Waals surface area contributed by atoms with Crippen molar-refractivity contribution in [2.24, 2.45) is 0 Å². The number of hydrogen-bond donors (Lipinski definition) is 0. The van der Waals surface area contributed by atoms with E-state index >= 15 is 0 Å². The molecule has 0 bridgehead atoms. The van der Waals surface area contributed by atoms with E-state index in [4.69, 9.17) is 0 Å². The lowest BCUT2D eigenvalue weighted by Crippen LogP contribution is -2.24. The summed E-state index contributed by atoms with van der Waals surface area (Å²) in [5.41, 5.74) is -2.79. The highest BCUT2D eigenvalue weighted by atomic mass is 35.7. The third-order valence-corrected chi connectivity index (χ3v) is 1.88. The molecule has 0 aliphatic rings. The van der Waals surface area contributed by atoms with Gasteiger partial charge >= 0.3 is 11.5 Å². The molecule has 7 heteroatoms. The van der Waals surface area contributed by atoms with Crippen molar-refractivity contribution in [3.05, 3.63) is 0 Å². The molecule has 0 heterocycles. The molecule has 0 aromatic rings. The van der Waals surface area contributed by atoms with Crippen LogP contribution >= 0.6 is 10.7 Å². The van der Waals surface area contributed by atoms with Crippen LogP contribution in [0.15, 0.2) is 0 Å². The summed E-state index contributed by atoms with van der Waals surface area (Å²) < 4.78 is 36.6. The number of ether oxygens (including phenoxy) is 1. The lowest BCUT2D eigenvalue weighted by Gasteiger charge is -2.02. The van der Waals surface area contributed by atoms with Gasteiger partial charge in [-0.15, -0.1) is 0 Å². The maximum atomic E-state index is 12.3. The van der Waals surface area contributed by atoms with E-state index in [-0.39, 0.29) is 6.61 Å². The molecule has 0 N–H and O–H groups in total. The van der Waals surface area contributed by atoms with Crippen molar-refractivity contribution in [1.82, 2.24) is 0 Å². The standard InChI is InChI=1S/C4H6ClFO4S/c1-2-10-4(7)3(6)11(5,8)9/h3H,2H2,1H3. The molecule has 0 aliphatic heterocycles. The van der Waals surface area contributed by atoms with E-state index < -0.39 is 20.5 Å². The number of halogens is 2. The Morgan fingerprint density at radius 3 is 2.45 bits per heavy atom. The summed E-state index contributed by atoms with van der Waals surface area (Å²) in [6.45, 7) is 1.33. The van der Waals surface area contributed by atoms with Gasteiger partial charge in [0.2, 0.25) is 0 Å². The number of carbonyl (C=O) groups is 1. The predicted octanol–water partition coefficient (Wildman–Crippen LogP) is 0.414. The quantitative estimate of drug-likeness (QED) is 0.494. The zero-order valence-corrected chi connectivity index (χ0v) is 7.15. The first kappa shape index (κ1) is 10.6. The third kappa shape index (κ3) is 3.52. The van der Waals surface area contributed by atoms with Crippen LogP contribution in [-0.2, 0) is 18.6 Å². The molecule has 0 radical (unpaired) electrons. The molecule has 0 aromatic carbocycles. The van der Waals surface area contributed by atoms with Crippen LogP contribution in [0.4, 0.5) is 4.39 Å². The van der Waals surface area contributed by atoms with Crippen LogP contribution in [0.5, 0.6) is 0 Å². The Bertz CT molecular complexity index is 236. The van der Waals surface area contributed by atoms with E-state index in [0.29, 0.717) is 0 Å². The van der Waals surface area contributed by atoms with Gasteiger partial charge in [-0.1, -0.05) is 0 Å². The van der Waals surface area contributed by atoms with Crippen LogP contribution < -0.4 is 0 Å². The molecular formula is C4H6ClFO4S. The molecule has 0 aromatic heterocycles. The predicted molar refractivity (Wildman–Crippen MR) is 36.3 cm³/mol. The summed E-state index contributed by atoms with van der Waals surface area (Å²) in [5.74, 6) is -1.48. The summed E-state index contributed by atoms with van der Waals surface area (Å²) in [7, 11) is 0.0174. The number of rotatable bonds is 3. The van der Waals surface area contributed by atoms with Crippen molar-refractivity contribution in [2.45, 2.75) is 12.4 Å². The second-order valence-electron chi connectivity index (χ2n) is 1.54. The van der Waals surface area contributed by atoms with Crippen molar-refractivity contribution in [3.63, 3.8) is 0 Å². The minimum atomic E-state index is -4.49. The first-order valence-corrected chi connectivity index (χ1v) is 5.01. The Hall–Kier alpha value is -0.360. The van der Waals surface area contributed by atoms with Gasteiger partial charge < -0.3 is 4.74 Å². The number of hydrogen-bond acceptors (Lipinski definition) is 4. The van der Waals surface area contributed by atoms with Crippen LogP contribution in [0.3, 0.4) is 0 Å². The Morgan fingerprint density at radius 2 is 2.18 bits per heavy atom. The highest BCUT2D eigenvalue weighted by Crippen LogP contribution is 2.09. The van der Waals surface area contributed by atoms with Crippen molar-refractivity contribution < 1.29 is 22.3 Å². The van der Waals surface area contributed by atoms with Gasteiger partial charge in [-0.3, -0.25) is 0 Å². The molecule has 11 heavy (non-hydrogen) atoms. The zero-order chi connectivity index (χ0) is 9.07. The Labute approximate surface area is 67.7 Å². The summed E-state index contributed by atoms with van der Waals surface area (Å²) in [6.07, 6.45) is 0. The maximum absolute atomic E-state index is 12.3. The minimum Gasteiger partial charge on any atom is -0.463 e. The lowest BCUT2D eigenvalue weighted by molar-refractivity contribution is -0.145. The third-order valence-electron chi connectivity index (χ3n) is 0.719. The maximum Gasteiger partial charge on any atom is 0.358 e. The Morgan fingerprint density at radius 1 is 1.73 bits per heavy atom. The van der Waals surface area contributed by atoms with Gasteiger partial charge in [0.1, 0.15) is 0 Å². The SMILES string of the molecule is CCOC(=O)C(F)S(=O)(=O)Cl. The van der Waals surface area contributed by atoms with Crippen molar-refractivity contribution in [3.8, 4) is 0 Å². The van der Waals surface area contributed by atoms with Gasteiger partial charge in [-0.25, -0.2) is 17.6 Å². The van der Waals surface area contributed by atoms with Gasteiger partial charge in [0, 0.05) is 10.7 Å². The highest BCUT2D eigenvalue weighted by Gasteiger charge is 2.31. The highest BCUT2D eigenvalue weighted by molar-refractivity contribution is 8.14. The van der Waals surface area contributed by atoms with Gasteiger partial charge in [0.15, 0.2) is 0 Å². The van der Waals surface area contributed by atoms with Crippen molar-refractivity contribution >= 4 is 25.7 Å². The van der Waals surface area contributed by atoms with Crippen LogP contribution in [0.1, 0.15) is 6.92 Å². The molecule has 66 valence electrons. The lowest BCUT2D eigenvalue weighted by atomic mass is 10.7. The molecule has 0 spiro atoms. The first-order valence-electron chi connectivity index (χ1n) is 2.63. The molecule has 1 unspecified atom stereocenters. The molecule has 0 amide bonds. The van der Waals surface area contributed by atoms with E-state index in [1.807, 2.05) is 0 Å². The average Bonchev–Trinajstić information content (AvgIpc) is 1.85. The van der Waals surface area contributed by atoms with Crippen LogP contribution in [-0.4, -0.2) is 26.5 Å². The number of carbonyl (C=O) groups excluding carboxylic acids is 1. The molecule has 0 aliphatic carbocycles. The van der Waals surface area contributed by atoms with Gasteiger partial charge in [-0.2, -0.15) is 0 Å². The van der Waals surface area contributed by atoms with Crippen LogP contribution in [0, 0.1) is 0 Å². The average molecular weight is 205 g/mol. The van der Waals surface area contributed by atoms with Gasteiger partial charge in [0.05, 0.1) is 6.61 Å². The summed E-state index contributed by atoms with van der Waals surface area (Å²) in [6, 6.07) is 0. The normalized spacial score (nSPS) is 14.1. The van der Waals surface area contributed by atoms with Crippen LogP contribution in [0.2, 0.25) is 0 Å². The summed E-state index contributed by atoms with van der Waals surface area (Å²) in [5, 5.41) is 0. The van der Waals surface area contributed by atoms with Gasteiger partial charge in [0.25, 0.3) is 9.05 Å². The smallest absolute Gasteiger partial charge is 0.358 e. The molecule has 0 fully saturated rings. The molecule has 4 nitrogen and oxygen atoms in total. The van der Waals surface area contributed by atoms with Crippen molar-refractivity contribution in [1.29, 1.82) is 0 Å². The number of alkyl halides is 1. The van der Waals surface area contributed by atoms with E-state index in [1.54, 1.807) is 0 Å². The molecule has 0 saturated heterocycles. The summed E-state index contributed by atoms with van der Waals surface area (Å²) in [4.78, 5) is 10.3. The minimum absolute atomic E-state index is 0.0916. The fourth-order valence-electron chi connectivity index (χ4n) is 0.323. The fraction of sp³-hybridized carbons (Fsp3) is 0.750. The van der Waals surface area contributed by atoms with Crippen LogP contribution in [0.25, 0.3) is 0 Å². The Balaban J connectivity index is 4.27. The van der Waals surface area contributed by atoms with Gasteiger partial charge in [-0.05, 0) is 6.92 Å². The topological polar surface area (TPSA) is 60.4 Å². The van der Waals surface area contributed by atoms with E-state index in [0.717, 1.165) is 0 Å². The largest absolute Gasteiger partial charge is 0.463 e. The fourth-order valence-corrected chi connectivity index (χ4v) is 0.839. The van der Waals surface area contributed by atoms with E-state index in [1.165, 1.54) is 6.92 Å². The second-order valence-corrected chi connectivity index (χ2v) is 4.20. The second kappa shape index (κ2) is 3.87.